The van der Waals surface area contributed by atoms with Crippen LogP contribution < -0.4 is 11.1 Å². The molecular weight excluding hydrogens is 122 g/mol. The summed E-state index contributed by atoms with van der Waals surface area (Å²) in [5, 5.41) is 11.3. The summed E-state index contributed by atoms with van der Waals surface area (Å²) in [5.74, 6) is 0. The topological polar surface area (TPSA) is 61.8 Å². The van der Waals surface area contributed by atoms with Gasteiger partial charge in [0.1, 0.15) is 10.7 Å². The minimum Gasteiger partial charge on any atom is -0.307 e. The van der Waals surface area contributed by atoms with Crippen molar-refractivity contribution < 1.29 is 0 Å². The molecular formula is C4H7N3S. The molecule has 0 aromatic carbocycles. The van der Waals surface area contributed by atoms with Crippen LogP contribution in [0, 0.1) is 11.3 Å². The van der Waals surface area contributed by atoms with Crippen LogP contribution in [-0.4, -0.2) is 17.3 Å². The third-order valence-corrected chi connectivity index (χ3v) is 2.02. The third-order valence-electron chi connectivity index (χ3n) is 0.959. The molecule has 3 nitrogen and oxygen atoms in total. The van der Waals surface area contributed by atoms with Gasteiger partial charge in [0, 0.05) is 6.54 Å². The Balaban J connectivity index is 2.35. The van der Waals surface area contributed by atoms with Gasteiger partial charge in [-0.05, 0) is 0 Å². The van der Waals surface area contributed by atoms with Crippen LogP contribution in [0.25, 0.3) is 0 Å². The molecule has 0 bridgehead atoms. The van der Waals surface area contributed by atoms with Gasteiger partial charge in [-0.2, -0.15) is 5.26 Å². The molecule has 0 saturated carbocycles. The average Bonchev–Trinajstić information content (AvgIpc) is 2.14. The summed E-state index contributed by atoms with van der Waals surface area (Å²) in [4.78, 5) is 0. The van der Waals surface area contributed by atoms with Crippen LogP contribution in [0.4, 0.5) is 0 Å². The van der Waals surface area contributed by atoms with Gasteiger partial charge in [0.15, 0.2) is 0 Å². The van der Waals surface area contributed by atoms with Gasteiger partial charge in [-0.3, -0.25) is 5.32 Å². The monoisotopic (exact) mass is 129 g/mol. The van der Waals surface area contributed by atoms with Gasteiger partial charge < -0.3 is 5.73 Å². The van der Waals surface area contributed by atoms with Gasteiger partial charge in [0.25, 0.3) is 0 Å². The molecule has 2 atom stereocenters. The second-order valence-electron chi connectivity index (χ2n) is 1.58. The Morgan fingerprint density at radius 1 is 1.88 bits per heavy atom. The number of nitrogens with two attached hydrogens (primary N) is 1. The van der Waals surface area contributed by atoms with Crippen molar-refractivity contribution in [1.29, 1.82) is 5.26 Å². The zero-order valence-corrected chi connectivity index (χ0v) is 5.11. The number of hydrogen-bond donors (Lipinski definition) is 2. The lowest BCUT2D eigenvalue weighted by Crippen LogP contribution is -2.28. The minimum absolute atomic E-state index is 0.0281. The standard InChI is InChI=1S/C4H7N3S/c5-1-3-2-7-4(6)8-3/h3-4,7H,2,6H2. The van der Waals surface area contributed by atoms with Crippen LogP contribution in [0.2, 0.25) is 0 Å². The number of nitrogens with one attached hydrogen (secondary N) is 1. The first-order chi connectivity index (χ1) is 3.83. The molecule has 1 heterocycles. The van der Waals surface area contributed by atoms with E-state index in [1.165, 1.54) is 11.8 Å². The number of thioether (sulfide) groups is 1. The second kappa shape index (κ2) is 2.35. The van der Waals surface area contributed by atoms with E-state index in [1.807, 2.05) is 0 Å². The van der Waals surface area contributed by atoms with Crippen molar-refractivity contribution in [3.05, 3.63) is 0 Å². The van der Waals surface area contributed by atoms with Gasteiger partial charge in [0.05, 0.1) is 6.07 Å². The smallest absolute Gasteiger partial charge is 0.107 e. The maximum atomic E-state index is 8.32. The van der Waals surface area contributed by atoms with E-state index in [0.717, 1.165) is 6.54 Å². The lowest BCUT2D eigenvalue weighted by Gasteiger charge is -1.95. The van der Waals surface area contributed by atoms with Gasteiger partial charge in [-0.15, -0.1) is 11.8 Å². The fourth-order valence-corrected chi connectivity index (χ4v) is 1.37. The lowest BCUT2D eigenvalue weighted by molar-refractivity contribution is 0.721. The predicted octanol–water partition coefficient (Wildman–Crippen LogP) is -0.543. The molecule has 4 heteroatoms. The average molecular weight is 129 g/mol. The molecule has 0 radical (unpaired) electrons. The maximum absolute atomic E-state index is 8.32. The van der Waals surface area contributed by atoms with Crippen LogP contribution in [0.1, 0.15) is 0 Å². The van der Waals surface area contributed by atoms with Crippen molar-refractivity contribution in [2.45, 2.75) is 10.7 Å². The highest BCUT2D eigenvalue weighted by atomic mass is 32.2. The van der Waals surface area contributed by atoms with Crippen molar-refractivity contribution in [2.24, 2.45) is 5.73 Å². The quantitative estimate of drug-likeness (QED) is 0.461. The zero-order chi connectivity index (χ0) is 5.98. The molecule has 1 saturated heterocycles. The largest absolute Gasteiger partial charge is 0.307 e. The van der Waals surface area contributed by atoms with E-state index in [0.29, 0.717) is 0 Å². The first kappa shape index (κ1) is 5.89. The SMILES string of the molecule is N#CC1CNC(N)S1. The van der Waals surface area contributed by atoms with E-state index in [1.54, 1.807) is 0 Å². The third kappa shape index (κ3) is 1.13. The molecule has 0 spiro atoms. The van der Waals surface area contributed by atoms with Crippen LogP contribution >= 0.6 is 11.8 Å². The summed E-state index contributed by atoms with van der Waals surface area (Å²) < 4.78 is 0. The van der Waals surface area contributed by atoms with Crippen molar-refractivity contribution in [3.63, 3.8) is 0 Å². The molecule has 1 aliphatic rings. The highest BCUT2D eigenvalue weighted by Crippen LogP contribution is 2.16. The Morgan fingerprint density at radius 3 is 2.88 bits per heavy atom. The Morgan fingerprint density at radius 2 is 2.62 bits per heavy atom. The maximum Gasteiger partial charge on any atom is 0.107 e. The second-order valence-corrected chi connectivity index (χ2v) is 2.93. The van der Waals surface area contributed by atoms with Crippen LogP contribution in [0.15, 0.2) is 0 Å². The summed E-state index contributed by atoms with van der Waals surface area (Å²) in [6, 6.07) is 2.11. The predicted molar refractivity (Wildman–Crippen MR) is 33.0 cm³/mol. The molecule has 1 rings (SSSR count). The van der Waals surface area contributed by atoms with E-state index >= 15 is 0 Å². The highest BCUT2D eigenvalue weighted by Gasteiger charge is 2.20. The Kier molecular flexibility index (Phi) is 1.73. The molecule has 0 aromatic heterocycles. The molecule has 1 fully saturated rings. The summed E-state index contributed by atoms with van der Waals surface area (Å²) in [7, 11) is 0. The summed E-state index contributed by atoms with van der Waals surface area (Å²) in [5.41, 5.74) is 5.37. The molecule has 8 heavy (non-hydrogen) atoms. The van der Waals surface area contributed by atoms with E-state index < -0.39 is 0 Å². The van der Waals surface area contributed by atoms with Crippen molar-refractivity contribution in [1.82, 2.24) is 5.32 Å². The zero-order valence-electron chi connectivity index (χ0n) is 4.29. The van der Waals surface area contributed by atoms with Crippen molar-refractivity contribution in [3.8, 4) is 6.07 Å². The number of rotatable bonds is 0. The Hall–Kier alpha value is -0.240. The Labute approximate surface area is 52.2 Å². The van der Waals surface area contributed by atoms with Gasteiger partial charge in [-0.1, -0.05) is 0 Å². The van der Waals surface area contributed by atoms with Gasteiger partial charge in [-0.25, -0.2) is 0 Å². The van der Waals surface area contributed by atoms with E-state index in [2.05, 4.69) is 11.4 Å². The first-order valence-corrected chi connectivity index (χ1v) is 3.31. The Bertz CT molecular complexity index is 119. The minimum atomic E-state index is -0.0281. The number of nitriles is 1. The highest BCUT2D eigenvalue weighted by molar-refractivity contribution is 8.00. The van der Waals surface area contributed by atoms with Gasteiger partial charge in [0.2, 0.25) is 0 Å². The molecule has 2 unspecified atom stereocenters. The summed E-state index contributed by atoms with van der Waals surface area (Å²) >= 11 is 1.47. The van der Waals surface area contributed by atoms with E-state index in [4.69, 9.17) is 11.0 Å². The fourth-order valence-electron chi connectivity index (χ4n) is 0.572. The van der Waals surface area contributed by atoms with E-state index in [9.17, 15) is 0 Å². The van der Waals surface area contributed by atoms with Crippen LogP contribution in [0.3, 0.4) is 0 Å². The van der Waals surface area contributed by atoms with Crippen molar-refractivity contribution in [2.75, 3.05) is 6.54 Å². The lowest BCUT2D eigenvalue weighted by atomic mass is 10.5. The normalized spacial score (nSPS) is 37.0. The molecule has 0 amide bonds. The van der Waals surface area contributed by atoms with Crippen LogP contribution in [0.5, 0.6) is 0 Å². The van der Waals surface area contributed by atoms with Crippen LogP contribution in [-0.2, 0) is 0 Å². The van der Waals surface area contributed by atoms with Crippen molar-refractivity contribution >= 4 is 11.8 Å². The van der Waals surface area contributed by atoms with E-state index in [-0.39, 0.29) is 10.7 Å². The first-order valence-electron chi connectivity index (χ1n) is 2.37. The molecule has 3 N–H and O–H groups in total. The molecule has 0 aliphatic carbocycles. The van der Waals surface area contributed by atoms with Gasteiger partial charge >= 0.3 is 0 Å². The number of hydrogen-bond acceptors (Lipinski definition) is 4. The molecule has 0 aromatic rings. The number of nitrogens with zero attached hydrogens (tertiary/aromatic N) is 1. The molecule has 1 aliphatic heterocycles. The fraction of sp³-hybridized carbons (Fsp3) is 0.750. The summed E-state index contributed by atoms with van der Waals surface area (Å²) in [6.45, 7) is 0.725. The summed E-state index contributed by atoms with van der Waals surface area (Å²) in [6.07, 6.45) is 0. The molecule has 44 valence electrons.